The van der Waals surface area contributed by atoms with Gasteiger partial charge in [-0.2, -0.15) is 0 Å². The van der Waals surface area contributed by atoms with Gasteiger partial charge in [0.25, 0.3) is 5.91 Å². The first-order valence-corrected chi connectivity index (χ1v) is 6.21. The Morgan fingerprint density at radius 2 is 2.50 bits per heavy atom. The summed E-state index contributed by atoms with van der Waals surface area (Å²) in [6, 6.07) is 0. The van der Waals surface area contributed by atoms with Gasteiger partial charge in [0, 0.05) is 11.4 Å². The van der Waals surface area contributed by atoms with Crippen LogP contribution in [0.3, 0.4) is 0 Å². The molecule has 3 nitrogen and oxygen atoms in total. The SMILES string of the molecule is CCC(Br)CNC(=O)c1cnc(C)s1. The molecule has 0 aliphatic rings. The number of hydrogen-bond acceptors (Lipinski definition) is 3. The highest BCUT2D eigenvalue weighted by molar-refractivity contribution is 9.09. The van der Waals surface area contributed by atoms with Crippen molar-refractivity contribution in [2.75, 3.05) is 6.54 Å². The number of nitrogens with one attached hydrogen (secondary N) is 1. The lowest BCUT2D eigenvalue weighted by Gasteiger charge is -2.06. The van der Waals surface area contributed by atoms with Crippen molar-refractivity contribution in [3.05, 3.63) is 16.1 Å². The highest BCUT2D eigenvalue weighted by Gasteiger charge is 2.09. The van der Waals surface area contributed by atoms with E-state index in [0.717, 1.165) is 11.4 Å². The van der Waals surface area contributed by atoms with Crippen molar-refractivity contribution >= 4 is 33.2 Å². The van der Waals surface area contributed by atoms with E-state index in [2.05, 4.69) is 33.2 Å². The first kappa shape index (κ1) is 11.7. The Bertz CT molecular complexity index is 314. The van der Waals surface area contributed by atoms with Gasteiger partial charge in [0.15, 0.2) is 0 Å². The number of aromatic nitrogens is 1. The first-order chi connectivity index (χ1) is 6.63. The Kier molecular flexibility index (Phi) is 4.54. The largest absolute Gasteiger partial charge is 0.350 e. The van der Waals surface area contributed by atoms with Crippen LogP contribution < -0.4 is 5.32 Å². The molecule has 0 aromatic carbocycles. The number of carbonyl (C=O) groups excluding carboxylic acids is 1. The number of halogens is 1. The fourth-order valence-electron chi connectivity index (χ4n) is 0.901. The van der Waals surface area contributed by atoms with Crippen LogP contribution in [-0.2, 0) is 0 Å². The summed E-state index contributed by atoms with van der Waals surface area (Å²) in [5, 5.41) is 3.77. The molecule has 0 aliphatic carbocycles. The first-order valence-electron chi connectivity index (χ1n) is 4.48. The number of thiazole rings is 1. The zero-order valence-corrected chi connectivity index (χ0v) is 10.6. The molecule has 1 aromatic heterocycles. The third kappa shape index (κ3) is 3.38. The van der Waals surface area contributed by atoms with Gasteiger partial charge in [0.05, 0.1) is 11.2 Å². The maximum absolute atomic E-state index is 11.5. The van der Waals surface area contributed by atoms with E-state index in [0.29, 0.717) is 16.2 Å². The minimum absolute atomic E-state index is 0.0338. The molecule has 0 fully saturated rings. The van der Waals surface area contributed by atoms with Gasteiger partial charge in [-0.05, 0) is 13.3 Å². The third-order valence-electron chi connectivity index (χ3n) is 1.77. The zero-order valence-electron chi connectivity index (χ0n) is 8.21. The number of aryl methyl sites for hydroxylation is 1. The molecule has 0 aliphatic heterocycles. The predicted molar refractivity (Wildman–Crippen MR) is 62.2 cm³/mol. The molecule has 1 rings (SSSR count). The summed E-state index contributed by atoms with van der Waals surface area (Å²) >= 11 is 4.87. The summed E-state index contributed by atoms with van der Waals surface area (Å²) in [7, 11) is 0. The summed E-state index contributed by atoms with van der Waals surface area (Å²) < 4.78 is 0. The van der Waals surface area contributed by atoms with Crippen LogP contribution in [0.15, 0.2) is 6.20 Å². The van der Waals surface area contributed by atoms with Crippen LogP contribution in [0.25, 0.3) is 0 Å². The monoisotopic (exact) mass is 276 g/mol. The van der Waals surface area contributed by atoms with Crippen molar-refractivity contribution in [2.45, 2.75) is 25.1 Å². The highest BCUT2D eigenvalue weighted by atomic mass is 79.9. The molecule has 0 spiro atoms. The van der Waals surface area contributed by atoms with Crippen molar-refractivity contribution in [1.29, 1.82) is 0 Å². The summed E-state index contributed by atoms with van der Waals surface area (Å²) in [6.45, 7) is 4.62. The number of carbonyl (C=O) groups is 1. The molecular formula is C9H13BrN2OS. The molecule has 1 atom stereocenters. The summed E-state index contributed by atoms with van der Waals surface area (Å²) in [5.41, 5.74) is 0. The number of hydrogen-bond donors (Lipinski definition) is 1. The molecule has 0 saturated heterocycles. The second-order valence-corrected chi connectivity index (χ2v) is 5.49. The van der Waals surface area contributed by atoms with Crippen molar-refractivity contribution < 1.29 is 4.79 Å². The second kappa shape index (κ2) is 5.46. The maximum atomic E-state index is 11.5. The summed E-state index contributed by atoms with van der Waals surface area (Å²) in [5.74, 6) is -0.0338. The fraction of sp³-hybridized carbons (Fsp3) is 0.556. The topological polar surface area (TPSA) is 42.0 Å². The van der Waals surface area contributed by atoms with Gasteiger partial charge in [0.2, 0.25) is 0 Å². The molecule has 1 unspecified atom stereocenters. The molecular weight excluding hydrogens is 264 g/mol. The van der Waals surface area contributed by atoms with Crippen molar-refractivity contribution in [3.8, 4) is 0 Å². The van der Waals surface area contributed by atoms with Crippen LogP contribution in [0, 0.1) is 6.92 Å². The van der Waals surface area contributed by atoms with Crippen molar-refractivity contribution in [1.82, 2.24) is 10.3 Å². The molecule has 1 heterocycles. The molecule has 1 amide bonds. The van der Waals surface area contributed by atoms with Crippen LogP contribution in [0.1, 0.15) is 28.0 Å². The van der Waals surface area contributed by atoms with E-state index in [9.17, 15) is 4.79 Å². The molecule has 0 radical (unpaired) electrons. The quantitative estimate of drug-likeness (QED) is 0.858. The summed E-state index contributed by atoms with van der Waals surface area (Å²) in [6.07, 6.45) is 2.62. The standard InChI is InChI=1S/C9H13BrN2OS/c1-3-7(10)4-12-9(13)8-5-11-6(2)14-8/h5,7H,3-4H2,1-2H3,(H,12,13). The van der Waals surface area contributed by atoms with E-state index in [-0.39, 0.29) is 5.91 Å². The Morgan fingerprint density at radius 1 is 1.79 bits per heavy atom. The Hall–Kier alpha value is -0.420. The van der Waals surface area contributed by atoms with Crippen molar-refractivity contribution in [2.24, 2.45) is 0 Å². The minimum atomic E-state index is -0.0338. The molecule has 5 heteroatoms. The van der Waals surface area contributed by atoms with Crippen LogP contribution in [0.5, 0.6) is 0 Å². The van der Waals surface area contributed by atoms with Crippen LogP contribution in [0.2, 0.25) is 0 Å². The van der Waals surface area contributed by atoms with Gasteiger partial charge in [-0.15, -0.1) is 11.3 Å². The van der Waals surface area contributed by atoms with E-state index < -0.39 is 0 Å². The van der Waals surface area contributed by atoms with Gasteiger partial charge in [-0.25, -0.2) is 4.98 Å². The molecule has 1 aromatic rings. The van der Waals surface area contributed by atoms with Crippen LogP contribution in [0.4, 0.5) is 0 Å². The van der Waals surface area contributed by atoms with Gasteiger partial charge in [-0.1, -0.05) is 22.9 Å². The van der Waals surface area contributed by atoms with Crippen LogP contribution in [-0.4, -0.2) is 22.3 Å². The molecule has 0 bridgehead atoms. The highest BCUT2D eigenvalue weighted by Crippen LogP contribution is 2.11. The van der Waals surface area contributed by atoms with E-state index in [1.807, 2.05) is 6.92 Å². The maximum Gasteiger partial charge on any atom is 0.263 e. The molecule has 0 saturated carbocycles. The Balaban J connectivity index is 2.43. The van der Waals surface area contributed by atoms with Gasteiger partial charge < -0.3 is 5.32 Å². The number of rotatable bonds is 4. The fourth-order valence-corrected chi connectivity index (χ4v) is 1.76. The predicted octanol–water partition coefficient (Wildman–Crippen LogP) is 2.35. The lowest BCUT2D eigenvalue weighted by molar-refractivity contribution is 0.0957. The van der Waals surface area contributed by atoms with E-state index >= 15 is 0 Å². The van der Waals surface area contributed by atoms with Gasteiger partial charge in [0.1, 0.15) is 4.88 Å². The Morgan fingerprint density at radius 3 is 3.00 bits per heavy atom. The second-order valence-electron chi connectivity index (χ2n) is 2.96. The smallest absolute Gasteiger partial charge is 0.263 e. The average molecular weight is 277 g/mol. The minimum Gasteiger partial charge on any atom is -0.350 e. The molecule has 1 N–H and O–H groups in total. The molecule has 14 heavy (non-hydrogen) atoms. The Labute approximate surface area is 96.1 Å². The normalized spacial score (nSPS) is 12.5. The van der Waals surface area contributed by atoms with E-state index in [1.54, 1.807) is 6.20 Å². The van der Waals surface area contributed by atoms with Crippen molar-refractivity contribution in [3.63, 3.8) is 0 Å². The lowest BCUT2D eigenvalue weighted by atomic mass is 10.3. The van der Waals surface area contributed by atoms with E-state index in [4.69, 9.17) is 0 Å². The molecule has 78 valence electrons. The number of nitrogens with zero attached hydrogens (tertiary/aromatic N) is 1. The third-order valence-corrected chi connectivity index (χ3v) is 3.65. The zero-order chi connectivity index (χ0) is 10.6. The van der Waals surface area contributed by atoms with Gasteiger partial charge >= 0.3 is 0 Å². The van der Waals surface area contributed by atoms with Gasteiger partial charge in [-0.3, -0.25) is 4.79 Å². The number of amides is 1. The van der Waals surface area contributed by atoms with E-state index in [1.165, 1.54) is 11.3 Å². The number of alkyl halides is 1. The average Bonchev–Trinajstić information content (AvgIpc) is 2.60. The lowest BCUT2D eigenvalue weighted by Crippen LogP contribution is -2.28. The summed E-state index contributed by atoms with van der Waals surface area (Å²) in [4.78, 5) is 16.6. The van der Waals surface area contributed by atoms with Crippen LogP contribution >= 0.6 is 27.3 Å².